The van der Waals surface area contributed by atoms with Gasteiger partial charge < -0.3 is 11.1 Å². The van der Waals surface area contributed by atoms with Gasteiger partial charge in [-0.05, 0) is 31.4 Å². The smallest absolute Gasteiger partial charge is 0.227 e. The van der Waals surface area contributed by atoms with Crippen molar-refractivity contribution >= 4 is 5.91 Å². The zero-order valence-corrected chi connectivity index (χ0v) is 12.0. The van der Waals surface area contributed by atoms with Crippen molar-refractivity contribution < 1.29 is 13.6 Å². The first kappa shape index (κ1) is 16.6. The summed E-state index contributed by atoms with van der Waals surface area (Å²) in [4.78, 5) is 12.1. The van der Waals surface area contributed by atoms with E-state index in [0.717, 1.165) is 0 Å². The summed E-state index contributed by atoms with van der Waals surface area (Å²) in [5, 5.41) is 2.73. The summed E-state index contributed by atoms with van der Waals surface area (Å²) in [7, 11) is 0. The molecule has 0 aliphatic heterocycles. The minimum atomic E-state index is -0.590. The van der Waals surface area contributed by atoms with Crippen LogP contribution in [0.4, 0.5) is 8.78 Å². The number of hydrogen-bond donors (Lipinski definition) is 2. The van der Waals surface area contributed by atoms with Crippen LogP contribution in [-0.2, 0) is 11.2 Å². The second-order valence-corrected chi connectivity index (χ2v) is 4.90. The van der Waals surface area contributed by atoms with Gasteiger partial charge in [-0.25, -0.2) is 8.78 Å². The number of carbonyl (C=O) groups excluding carboxylic acids is 1. The van der Waals surface area contributed by atoms with Gasteiger partial charge in [0.15, 0.2) is 0 Å². The number of hydrogen-bond acceptors (Lipinski definition) is 2. The highest BCUT2D eigenvalue weighted by Gasteiger charge is 2.32. The maximum Gasteiger partial charge on any atom is 0.227 e. The van der Waals surface area contributed by atoms with Gasteiger partial charge in [0.1, 0.15) is 11.6 Å². The summed E-state index contributed by atoms with van der Waals surface area (Å²) in [6, 6.07) is 3.74. The van der Waals surface area contributed by atoms with E-state index in [1.54, 1.807) is 0 Å². The molecule has 3 N–H and O–H groups in total. The predicted octanol–water partition coefficient (Wildman–Crippen LogP) is 2.39. The van der Waals surface area contributed by atoms with Crippen molar-refractivity contribution in [2.45, 2.75) is 33.1 Å². The quantitative estimate of drug-likeness (QED) is 0.807. The fourth-order valence-corrected chi connectivity index (χ4v) is 2.21. The first-order valence-corrected chi connectivity index (χ1v) is 6.92. The maximum atomic E-state index is 13.4. The number of rotatable bonds is 7. The van der Waals surface area contributed by atoms with Crippen LogP contribution in [0.15, 0.2) is 18.2 Å². The second kappa shape index (κ2) is 7.33. The molecule has 5 heteroatoms. The molecule has 112 valence electrons. The van der Waals surface area contributed by atoms with E-state index in [1.165, 1.54) is 18.2 Å². The first-order chi connectivity index (χ1) is 9.50. The first-order valence-electron chi connectivity index (χ1n) is 6.92. The standard InChI is InChI=1S/C15H22F2N2O/c1-3-15(4-2,10-18)14(20)19-9-8-11-12(16)6-5-7-13(11)17/h5-7H,3-4,8-10,18H2,1-2H3,(H,19,20). The minimum absolute atomic E-state index is 0.000791. The normalized spacial score (nSPS) is 11.4. The highest BCUT2D eigenvalue weighted by Crippen LogP contribution is 2.24. The molecule has 0 saturated heterocycles. The molecular weight excluding hydrogens is 262 g/mol. The SMILES string of the molecule is CCC(CC)(CN)C(=O)NCCc1c(F)cccc1F. The molecule has 1 aromatic rings. The third kappa shape index (κ3) is 3.54. The molecule has 0 aliphatic carbocycles. The molecule has 1 aromatic carbocycles. The zero-order chi connectivity index (χ0) is 15.2. The predicted molar refractivity (Wildman–Crippen MR) is 75.1 cm³/mol. The van der Waals surface area contributed by atoms with Crippen molar-refractivity contribution in [3.8, 4) is 0 Å². The van der Waals surface area contributed by atoms with Crippen molar-refractivity contribution in [1.82, 2.24) is 5.32 Å². The number of carbonyl (C=O) groups is 1. The van der Waals surface area contributed by atoms with Crippen LogP contribution in [0.3, 0.4) is 0 Å². The Bertz CT molecular complexity index is 431. The lowest BCUT2D eigenvalue weighted by molar-refractivity contribution is -0.131. The van der Waals surface area contributed by atoms with E-state index in [1.807, 2.05) is 13.8 Å². The highest BCUT2D eigenvalue weighted by molar-refractivity contribution is 5.82. The minimum Gasteiger partial charge on any atom is -0.355 e. The highest BCUT2D eigenvalue weighted by atomic mass is 19.1. The lowest BCUT2D eigenvalue weighted by Gasteiger charge is -2.28. The number of halogens is 2. The molecule has 1 rings (SSSR count). The summed E-state index contributed by atoms with van der Waals surface area (Å²) in [5.74, 6) is -1.33. The van der Waals surface area contributed by atoms with Gasteiger partial charge in [-0.15, -0.1) is 0 Å². The summed E-state index contributed by atoms with van der Waals surface area (Å²) < 4.78 is 26.9. The van der Waals surface area contributed by atoms with Crippen molar-refractivity contribution in [3.05, 3.63) is 35.4 Å². The molecule has 0 heterocycles. The van der Waals surface area contributed by atoms with Gasteiger partial charge >= 0.3 is 0 Å². The van der Waals surface area contributed by atoms with Crippen LogP contribution in [0.2, 0.25) is 0 Å². The van der Waals surface area contributed by atoms with Gasteiger partial charge in [-0.1, -0.05) is 19.9 Å². The van der Waals surface area contributed by atoms with E-state index < -0.39 is 17.0 Å². The van der Waals surface area contributed by atoms with Crippen molar-refractivity contribution in [2.75, 3.05) is 13.1 Å². The molecule has 0 fully saturated rings. The van der Waals surface area contributed by atoms with E-state index in [-0.39, 0.29) is 31.0 Å². The molecule has 1 amide bonds. The van der Waals surface area contributed by atoms with Gasteiger partial charge in [0.05, 0.1) is 5.41 Å². The van der Waals surface area contributed by atoms with Crippen molar-refractivity contribution in [1.29, 1.82) is 0 Å². The molecule has 0 radical (unpaired) electrons. The van der Waals surface area contributed by atoms with Crippen LogP contribution in [-0.4, -0.2) is 19.0 Å². The number of nitrogens with one attached hydrogen (secondary N) is 1. The third-order valence-electron chi connectivity index (χ3n) is 3.95. The monoisotopic (exact) mass is 284 g/mol. The fraction of sp³-hybridized carbons (Fsp3) is 0.533. The lowest BCUT2D eigenvalue weighted by atomic mass is 9.81. The van der Waals surface area contributed by atoms with Gasteiger partial charge in [0, 0.05) is 18.7 Å². The summed E-state index contributed by atoms with van der Waals surface area (Å²) in [6.07, 6.45) is 1.40. The van der Waals surface area contributed by atoms with Crippen molar-refractivity contribution in [2.24, 2.45) is 11.1 Å². The van der Waals surface area contributed by atoms with Gasteiger partial charge in [0.25, 0.3) is 0 Å². The Labute approximate surface area is 118 Å². The van der Waals surface area contributed by atoms with Crippen LogP contribution in [0.25, 0.3) is 0 Å². The Balaban J connectivity index is 2.62. The Kier molecular flexibility index (Phi) is 6.07. The van der Waals surface area contributed by atoms with E-state index >= 15 is 0 Å². The Hall–Kier alpha value is -1.49. The molecule has 0 saturated carbocycles. The molecule has 3 nitrogen and oxygen atoms in total. The lowest BCUT2D eigenvalue weighted by Crippen LogP contribution is -2.45. The molecule has 0 aliphatic rings. The molecule has 0 spiro atoms. The van der Waals surface area contributed by atoms with Crippen LogP contribution in [0, 0.1) is 17.0 Å². The zero-order valence-electron chi connectivity index (χ0n) is 12.0. The van der Waals surface area contributed by atoms with E-state index in [0.29, 0.717) is 12.8 Å². The third-order valence-corrected chi connectivity index (χ3v) is 3.95. The van der Waals surface area contributed by atoms with E-state index in [4.69, 9.17) is 5.73 Å². The average molecular weight is 284 g/mol. The van der Waals surface area contributed by atoms with Gasteiger partial charge in [-0.3, -0.25) is 4.79 Å². The Morgan fingerprint density at radius 1 is 1.25 bits per heavy atom. The number of amides is 1. The molecule has 0 aromatic heterocycles. The molecule has 20 heavy (non-hydrogen) atoms. The van der Waals surface area contributed by atoms with Crippen molar-refractivity contribution in [3.63, 3.8) is 0 Å². The number of nitrogens with two attached hydrogens (primary N) is 1. The molecule has 0 bridgehead atoms. The van der Waals surface area contributed by atoms with Crippen LogP contribution < -0.4 is 11.1 Å². The fourth-order valence-electron chi connectivity index (χ4n) is 2.21. The Morgan fingerprint density at radius 2 is 1.80 bits per heavy atom. The maximum absolute atomic E-state index is 13.4. The molecule has 0 unspecified atom stereocenters. The topological polar surface area (TPSA) is 55.1 Å². The van der Waals surface area contributed by atoms with Gasteiger partial charge in [-0.2, -0.15) is 0 Å². The van der Waals surface area contributed by atoms with E-state index in [9.17, 15) is 13.6 Å². The molecule has 0 atom stereocenters. The summed E-state index contributed by atoms with van der Waals surface area (Å²) in [6.45, 7) is 4.28. The van der Waals surface area contributed by atoms with Crippen LogP contribution in [0.1, 0.15) is 32.3 Å². The van der Waals surface area contributed by atoms with Crippen LogP contribution in [0.5, 0.6) is 0 Å². The van der Waals surface area contributed by atoms with Gasteiger partial charge in [0.2, 0.25) is 5.91 Å². The summed E-state index contributed by atoms with van der Waals surface area (Å²) >= 11 is 0. The largest absolute Gasteiger partial charge is 0.355 e. The Morgan fingerprint density at radius 3 is 2.25 bits per heavy atom. The van der Waals surface area contributed by atoms with Crippen LogP contribution >= 0.6 is 0 Å². The average Bonchev–Trinajstić information content (AvgIpc) is 2.44. The molecular formula is C15H22F2N2O. The summed E-state index contributed by atoms with van der Waals surface area (Å²) in [5.41, 5.74) is 5.09. The second-order valence-electron chi connectivity index (χ2n) is 4.90. The number of benzene rings is 1. The van der Waals surface area contributed by atoms with E-state index in [2.05, 4.69) is 5.32 Å².